The monoisotopic (exact) mass is 496 g/mol. The zero-order valence-corrected chi connectivity index (χ0v) is 19.7. The Kier molecular flexibility index (Phi) is 9.32. The standard InChI is InChI=1S/C18H24N6O2S.3ClH/c25-17(24-8-9-27-12-24)14-10-13(11-20-14)22-4-6-23(7-5-22)18-21-16-15(26-18)2-1-3-19-16;;;/h1-3,13-14,20H,4-12H2;3*1H/t13-,14-;;;/m0.../s1. The van der Waals surface area contributed by atoms with E-state index >= 15 is 0 Å². The Morgan fingerprint density at radius 2 is 1.97 bits per heavy atom. The van der Waals surface area contributed by atoms with Crippen LogP contribution >= 0.6 is 49.0 Å². The van der Waals surface area contributed by atoms with Crippen molar-refractivity contribution in [1.82, 2.24) is 25.1 Å². The van der Waals surface area contributed by atoms with E-state index < -0.39 is 0 Å². The van der Waals surface area contributed by atoms with Crippen molar-refractivity contribution in [2.75, 3.05) is 55.8 Å². The molecule has 3 saturated heterocycles. The first kappa shape index (κ1) is 25.3. The van der Waals surface area contributed by atoms with Gasteiger partial charge in [0, 0.05) is 57.3 Å². The van der Waals surface area contributed by atoms with Gasteiger partial charge in [-0.3, -0.25) is 9.69 Å². The highest BCUT2D eigenvalue weighted by Crippen LogP contribution is 2.24. The van der Waals surface area contributed by atoms with Crippen molar-refractivity contribution in [2.45, 2.75) is 18.5 Å². The predicted molar refractivity (Wildman–Crippen MR) is 127 cm³/mol. The summed E-state index contributed by atoms with van der Waals surface area (Å²) in [6.07, 6.45) is 2.64. The molecule has 168 valence electrons. The molecule has 5 heterocycles. The molecular weight excluding hydrogens is 471 g/mol. The van der Waals surface area contributed by atoms with E-state index in [1.165, 1.54) is 0 Å². The van der Waals surface area contributed by atoms with Crippen LogP contribution in [0.2, 0.25) is 0 Å². The molecule has 0 radical (unpaired) electrons. The maximum atomic E-state index is 12.6. The van der Waals surface area contributed by atoms with E-state index in [1.807, 2.05) is 28.8 Å². The summed E-state index contributed by atoms with van der Waals surface area (Å²) in [5, 5.41) is 3.45. The number of piperazine rings is 1. The van der Waals surface area contributed by atoms with Gasteiger partial charge in [-0.05, 0) is 18.6 Å². The van der Waals surface area contributed by atoms with E-state index in [-0.39, 0.29) is 49.2 Å². The zero-order chi connectivity index (χ0) is 18.2. The molecule has 5 rings (SSSR count). The van der Waals surface area contributed by atoms with Crippen LogP contribution in [0.4, 0.5) is 6.01 Å². The molecule has 2 aromatic heterocycles. The van der Waals surface area contributed by atoms with E-state index in [4.69, 9.17) is 4.42 Å². The Morgan fingerprint density at radius 3 is 2.67 bits per heavy atom. The van der Waals surface area contributed by atoms with Crippen LogP contribution in [0.25, 0.3) is 11.2 Å². The van der Waals surface area contributed by atoms with Crippen molar-refractivity contribution >= 4 is 72.1 Å². The molecule has 3 aliphatic rings. The van der Waals surface area contributed by atoms with Gasteiger partial charge in [-0.2, -0.15) is 4.98 Å². The molecule has 2 atom stereocenters. The summed E-state index contributed by atoms with van der Waals surface area (Å²) in [4.78, 5) is 28.0. The lowest BCUT2D eigenvalue weighted by Gasteiger charge is -2.37. The number of carbonyl (C=O) groups is 1. The Hall–Kier alpha value is -0.970. The lowest BCUT2D eigenvalue weighted by Crippen LogP contribution is -2.51. The third kappa shape index (κ3) is 5.08. The van der Waals surface area contributed by atoms with Crippen molar-refractivity contribution in [2.24, 2.45) is 0 Å². The Morgan fingerprint density at radius 1 is 1.17 bits per heavy atom. The van der Waals surface area contributed by atoms with E-state index in [1.54, 1.807) is 6.20 Å². The highest BCUT2D eigenvalue weighted by atomic mass is 35.5. The minimum atomic E-state index is -0.0187. The number of thioether (sulfide) groups is 1. The number of carbonyl (C=O) groups excluding carboxylic acids is 1. The number of rotatable bonds is 3. The van der Waals surface area contributed by atoms with E-state index in [9.17, 15) is 4.79 Å². The average Bonchev–Trinajstić information content (AvgIpc) is 3.48. The first-order valence-corrected chi connectivity index (χ1v) is 10.7. The second kappa shape index (κ2) is 11.1. The molecule has 30 heavy (non-hydrogen) atoms. The van der Waals surface area contributed by atoms with Gasteiger partial charge >= 0.3 is 0 Å². The van der Waals surface area contributed by atoms with E-state index in [0.29, 0.717) is 17.7 Å². The molecule has 0 spiro atoms. The third-order valence-electron chi connectivity index (χ3n) is 5.72. The van der Waals surface area contributed by atoms with Crippen LogP contribution in [0.1, 0.15) is 6.42 Å². The van der Waals surface area contributed by atoms with Crippen LogP contribution in [-0.4, -0.2) is 88.7 Å². The number of pyridine rings is 1. The van der Waals surface area contributed by atoms with Crippen LogP contribution in [-0.2, 0) is 4.79 Å². The summed E-state index contributed by atoms with van der Waals surface area (Å²) in [7, 11) is 0. The molecule has 1 N–H and O–H groups in total. The molecule has 1 amide bonds. The number of anilines is 1. The molecule has 0 bridgehead atoms. The van der Waals surface area contributed by atoms with Crippen molar-refractivity contribution in [1.29, 1.82) is 0 Å². The summed E-state index contributed by atoms with van der Waals surface area (Å²) in [6.45, 7) is 5.46. The van der Waals surface area contributed by atoms with Gasteiger partial charge in [-0.1, -0.05) is 0 Å². The van der Waals surface area contributed by atoms with Crippen LogP contribution in [0.5, 0.6) is 0 Å². The van der Waals surface area contributed by atoms with Gasteiger partial charge in [0.2, 0.25) is 11.6 Å². The molecule has 8 nitrogen and oxygen atoms in total. The molecule has 0 aromatic carbocycles. The van der Waals surface area contributed by atoms with Gasteiger partial charge in [-0.25, -0.2) is 4.98 Å². The number of halogens is 3. The topological polar surface area (TPSA) is 77.7 Å². The Bertz CT molecular complexity index is 796. The number of hydrogen-bond acceptors (Lipinski definition) is 8. The fraction of sp³-hybridized carbons (Fsp3) is 0.611. The average molecular weight is 498 g/mol. The van der Waals surface area contributed by atoms with Crippen molar-refractivity contribution in [3.63, 3.8) is 0 Å². The first-order valence-electron chi connectivity index (χ1n) is 9.58. The molecule has 2 aromatic rings. The zero-order valence-electron chi connectivity index (χ0n) is 16.4. The normalized spacial score (nSPS) is 24.3. The Balaban J connectivity index is 0.00000107. The van der Waals surface area contributed by atoms with Crippen LogP contribution < -0.4 is 10.2 Å². The fourth-order valence-electron chi connectivity index (χ4n) is 4.16. The van der Waals surface area contributed by atoms with Gasteiger partial charge in [-0.15, -0.1) is 49.0 Å². The minimum Gasteiger partial charge on any atom is -0.422 e. The van der Waals surface area contributed by atoms with Gasteiger partial charge in [0.25, 0.3) is 6.01 Å². The Labute approximate surface area is 198 Å². The first-order chi connectivity index (χ1) is 13.3. The number of hydrogen-bond donors (Lipinski definition) is 1. The summed E-state index contributed by atoms with van der Waals surface area (Å²) in [6, 6.07) is 4.83. The van der Waals surface area contributed by atoms with Crippen molar-refractivity contribution < 1.29 is 9.21 Å². The number of oxazole rings is 1. The van der Waals surface area contributed by atoms with Crippen LogP contribution in [0.15, 0.2) is 22.7 Å². The smallest absolute Gasteiger partial charge is 0.300 e. The predicted octanol–water partition coefficient (Wildman–Crippen LogP) is 1.87. The molecular formula is C18H27Cl3N6O2S. The van der Waals surface area contributed by atoms with Crippen LogP contribution in [0, 0.1) is 0 Å². The fourth-order valence-corrected chi connectivity index (χ4v) is 5.12. The van der Waals surface area contributed by atoms with Gasteiger partial charge in [0.1, 0.15) is 0 Å². The SMILES string of the molecule is Cl.Cl.Cl.O=C([C@@H]1C[C@H](N2CCN(c3nc4ncccc4o3)CC2)CN1)N1CCSC1. The minimum absolute atomic E-state index is 0. The largest absolute Gasteiger partial charge is 0.422 e. The summed E-state index contributed by atoms with van der Waals surface area (Å²) >= 11 is 1.84. The lowest BCUT2D eigenvalue weighted by atomic mass is 10.1. The highest BCUT2D eigenvalue weighted by Gasteiger charge is 2.37. The molecule has 0 saturated carbocycles. The molecule has 0 aliphatic carbocycles. The number of nitrogens with zero attached hydrogens (tertiary/aromatic N) is 5. The number of amides is 1. The number of nitrogens with one attached hydrogen (secondary N) is 1. The molecule has 3 fully saturated rings. The number of fused-ring (bicyclic) bond motifs is 1. The van der Waals surface area contributed by atoms with Crippen molar-refractivity contribution in [3.05, 3.63) is 18.3 Å². The van der Waals surface area contributed by atoms with Gasteiger partial charge in [0.05, 0.1) is 11.9 Å². The maximum absolute atomic E-state index is 12.6. The molecule has 3 aliphatic heterocycles. The maximum Gasteiger partial charge on any atom is 0.300 e. The quantitative estimate of drug-likeness (QED) is 0.689. The number of aromatic nitrogens is 2. The van der Waals surface area contributed by atoms with Crippen molar-refractivity contribution in [3.8, 4) is 0 Å². The summed E-state index contributed by atoms with van der Waals surface area (Å²) in [5.74, 6) is 2.19. The third-order valence-corrected chi connectivity index (χ3v) is 6.69. The van der Waals surface area contributed by atoms with Gasteiger partial charge in [0.15, 0.2) is 5.58 Å². The second-order valence-corrected chi connectivity index (χ2v) is 8.41. The highest BCUT2D eigenvalue weighted by molar-refractivity contribution is 7.99. The second-order valence-electron chi connectivity index (χ2n) is 7.33. The van der Waals surface area contributed by atoms with E-state index in [2.05, 4.69) is 25.1 Å². The van der Waals surface area contributed by atoms with E-state index in [0.717, 1.165) is 62.9 Å². The molecule has 0 unspecified atom stereocenters. The van der Waals surface area contributed by atoms with Crippen LogP contribution in [0.3, 0.4) is 0 Å². The molecule has 12 heteroatoms. The summed E-state index contributed by atoms with van der Waals surface area (Å²) in [5.41, 5.74) is 1.40. The lowest BCUT2D eigenvalue weighted by molar-refractivity contribution is -0.131. The summed E-state index contributed by atoms with van der Waals surface area (Å²) < 4.78 is 5.84. The van der Waals surface area contributed by atoms with Gasteiger partial charge < -0.3 is 19.5 Å².